The third-order valence-electron chi connectivity index (χ3n) is 2.77. The lowest BCUT2D eigenvalue weighted by atomic mass is 10.2. The summed E-state index contributed by atoms with van der Waals surface area (Å²) in [6.45, 7) is 2.34. The van der Waals surface area contributed by atoms with Crippen LogP contribution < -0.4 is 5.32 Å². The molecular formula is C13H19BrN2O3. The van der Waals surface area contributed by atoms with E-state index in [1.165, 1.54) is 6.07 Å². The van der Waals surface area contributed by atoms with Gasteiger partial charge in [-0.3, -0.25) is 10.1 Å². The third kappa shape index (κ3) is 5.67. The maximum Gasteiger partial charge on any atom is 0.283 e. The van der Waals surface area contributed by atoms with Crippen LogP contribution in [0.1, 0.15) is 24.8 Å². The highest BCUT2D eigenvalue weighted by molar-refractivity contribution is 9.10. The number of benzene rings is 1. The highest BCUT2D eigenvalue weighted by Crippen LogP contribution is 2.27. The van der Waals surface area contributed by atoms with Gasteiger partial charge in [-0.15, -0.1) is 0 Å². The van der Waals surface area contributed by atoms with Crippen LogP contribution in [0.3, 0.4) is 0 Å². The molecule has 0 spiro atoms. The van der Waals surface area contributed by atoms with E-state index in [1.807, 2.05) is 6.07 Å². The van der Waals surface area contributed by atoms with E-state index >= 15 is 0 Å². The van der Waals surface area contributed by atoms with Crippen LogP contribution >= 0.6 is 15.9 Å². The van der Waals surface area contributed by atoms with Crippen LogP contribution in [0.2, 0.25) is 0 Å². The zero-order valence-electron chi connectivity index (χ0n) is 11.0. The number of halogens is 1. The monoisotopic (exact) mass is 330 g/mol. The molecule has 0 aliphatic carbocycles. The normalized spacial score (nSPS) is 10.6. The Kier molecular flexibility index (Phi) is 7.62. The van der Waals surface area contributed by atoms with Crippen LogP contribution in [-0.4, -0.2) is 25.2 Å². The van der Waals surface area contributed by atoms with Crippen molar-refractivity contribution in [2.75, 3.05) is 20.3 Å². The first-order valence-corrected chi connectivity index (χ1v) is 7.07. The quantitative estimate of drug-likeness (QED) is 0.428. The van der Waals surface area contributed by atoms with Gasteiger partial charge in [-0.05, 0) is 47.3 Å². The molecule has 1 N–H and O–H groups in total. The molecule has 0 bridgehead atoms. The van der Waals surface area contributed by atoms with Crippen molar-refractivity contribution in [3.8, 4) is 0 Å². The number of rotatable bonds is 9. The summed E-state index contributed by atoms with van der Waals surface area (Å²) in [6.07, 6.45) is 3.27. The van der Waals surface area contributed by atoms with E-state index in [2.05, 4.69) is 21.2 Å². The fraction of sp³-hybridized carbons (Fsp3) is 0.538. The van der Waals surface area contributed by atoms with E-state index in [4.69, 9.17) is 4.74 Å². The smallest absolute Gasteiger partial charge is 0.283 e. The minimum absolute atomic E-state index is 0.111. The highest BCUT2D eigenvalue weighted by Gasteiger charge is 2.13. The molecule has 106 valence electrons. The second-order valence-electron chi connectivity index (χ2n) is 4.24. The van der Waals surface area contributed by atoms with Crippen LogP contribution in [0.5, 0.6) is 0 Å². The minimum atomic E-state index is -0.377. The number of ether oxygens (including phenoxy) is 1. The average molecular weight is 331 g/mol. The lowest BCUT2D eigenvalue weighted by Crippen LogP contribution is -2.15. The third-order valence-corrected chi connectivity index (χ3v) is 3.69. The molecule has 1 rings (SSSR count). The van der Waals surface area contributed by atoms with Gasteiger partial charge in [0.25, 0.3) is 5.69 Å². The molecule has 0 heterocycles. The molecule has 6 heteroatoms. The first-order valence-electron chi connectivity index (χ1n) is 6.28. The van der Waals surface area contributed by atoms with E-state index in [-0.39, 0.29) is 10.6 Å². The lowest BCUT2D eigenvalue weighted by molar-refractivity contribution is -0.385. The Morgan fingerprint density at radius 2 is 2.16 bits per heavy atom. The molecule has 0 radical (unpaired) electrons. The molecule has 0 amide bonds. The molecule has 0 fully saturated rings. The van der Waals surface area contributed by atoms with Crippen LogP contribution in [0.4, 0.5) is 5.69 Å². The molecule has 0 saturated carbocycles. The Morgan fingerprint density at radius 1 is 1.37 bits per heavy atom. The van der Waals surface area contributed by atoms with Crippen molar-refractivity contribution in [3.63, 3.8) is 0 Å². The molecule has 0 saturated heterocycles. The zero-order chi connectivity index (χ0) is 14.1. The number of nitrogens with one attached hydrogen (secondary N) is 1. The molecule has 19 heavy (non-hydrogen) atoms. The van der Waals surface area contributed by atoms with E-state index in [0.717, 1.165) is 38.0 Å². The zero-order valence-corrected chi connectivity index (χ0v) is 12.6. The van der Waals surface area contributed by atoms with Gasteiger partial charge in [-0.2, -0.15) is 0 Å². The van der Waals surface area contributed by atoms with E-state index in [9.17, 15) is 10.1 Å². The van der Waals surface area contributed by atoms with E-state index in [1.54, 1.807) is 13.2 Å². The maximum absolute atomic E-state index is 10.8. The molecular weight excluding hydrogens is 312 g/mol. The Labute approximate surface area is 121 Å². The Morgan fingerprint density at radius 3 is 2.84 bits per heavy atom. The summed E-state index contributed by atoms with van der Waals surface area (Å²) in [7, 11) is 1.71. The second kappa shape index (κ2) is 9.01. The van der Waals surface area contributed by atoms with Crippen molar-refractivity contribution >= 4 is 21.6 Å². The molecule has 1 aromatic carbocycles. The summed E-state index contributed by atoms with van der Waals surface area (Å²) in [6, 6.07) is 5.09. The number of unbranched alkanes of at least 4 members (excludes halogenated alkanes) is 2. The summed E-state index contributed by atoms with van der Waals surface area (Å²) < 4.78 is 5.54. The second-order valence-corrected chi connectivity index (χ2v) is 5.03. The first-order chi connectivity index (χ1) is 9.16. The standard InChI is InChI=1S/C13H19BrN2O3/c1-19-9-4-2-3-8-15-10-11-6-5-7-12(13(11)14)16(17)18/h5-7,15H,2-4,8-10H2,1H3. The van der Waals surface area contributed by atoms with Gasteiger partial charge in [0.05, 0.1) is 9.40 Å². The number of methoxy groups -OCH3 is 1. The van der Waals surface area contributed by atoms with Gasteiger partial charge in [-0.25, -0.2) is 0 Å². The van der Waals surface area contributed by atoms with Gasteiger partial charge in [0, 0.05) is 26.3 Å². The molecule has 1 aromatic rings. The summed E-state index contributed by atoms with van der Waals surface area (Å²) >= 11 is 3.29. The van der Waals surface area contributed by atoms with Crippen LogP contribution in [-0.2, 0) is 11.3 Å². The fourth-order valence-electron chi connectivity index (χ4n) is 1.74. The maximum atomic E-state index is 10.8. The average Bonchev–Trinajstić information content (AvgIpc) is 2.39. The van der Waals surface area contributed by atoms with Crippen LogP contribution in [0.25, 0.3) is 0 Å². The van der Waals surface area contributed by atoms with Gasteiger partial charge < -0.3 is 10.1 Å². The Hall–Kier alpha value is -0.980. The van der Waals surface area contributed by atoms with Gasteiger partial charge in [0.1, 0.15) is 0 Å². The predicted molar refractivity (Wildman–Crippen MR) is 78.2 cm³/mol. The summed E-state index contributed by atoms with van der Waals surface area (Å²) in [5.74, 6) is 0. The molecule has 0 unspecified atom stereocenters. The molecule has 5 nitrogen and oxygen atoms in total. The number of nitrogens with zero attached hydrogens (tertiary/aromatic N) is 1. The number of hydrogen-bond acceptors (Lipinski definition) is 4. The van der Waals surface area contributed by atoms with Gasteiger partial charge >= 0.3 is 0 Å². The van der Waals surface area contributed by atoms with Crippen LogP contribution in [0, 0.1) is 10.1 Å². The van der Waals surface area contributed by atoms with Crippen molar-refractivity contribution < 1.29 is 9.66 Å². The van der Waals surface area contributed by atoms with Crippen LogP contribution in [0.15, 0.2) is 22.7 Å². The largest absolute Gasteiger partial charge is 0.385 e. The topological polar surface area (TPSA) is 64.4 Å². The SMILES string of the molecule is COCCCCCNCc1cccc([N+](=O)[O-])c1Br. The van der Waals surface area contributed by atoms with Gasteiger partial charge in [0.2, 0.25) is 0 Å². The minimum Gasteiger partial charge on any atom is -0.385 e. The summed E-state index contributed by atoms with van der Waals surface area (Å²) in [5, 5.41) is 14.1. The lowest BCUT2D eigenvalue weighted by Gasteiger charge is -2.07. The molecule has 0 aliphatic heterocycles. The molecule has 0 aliphatic rings. The van der Waals surface area contributed by atoms with E-state index < -0.39 is 0 Å². The van der Waals surface area contributed by atoms with Crippen molar-refractivity contribution in [2.24, 2.45) is 0 Å². The number of nitro benzene ring substituents is 1. The van der Waals surface area contributed by atoms with Gasteiger partial charge in [-0.1, -0.05) is 12.1 Å². The number of hydrogen-bond donors (Lipinski definition) is 1. The van der Waals surface area contributed by atoms with Crippen molar-refractivity contribution in [1.82, 2.24) is 5.32 Å². The highest BCUT2D eigenvalue weighted by atomic mass is 79.9. The summed E-state index contributed by atoms with van der Waals surface area (Å²) in [5.41, 5.74) is 1.02. The van der Waals surface area contributed by atoms with Crippen molar-refractivity contribution in [3.05, 3.63) is 38.3 Å². The molecule has 0 aromatic heterocycles. The fourth-order valence-corrected chi connectivity index (χ4v) is 2.29. The first kappa shape index (κ1) is 16.1. The predicted octanol–water partition coefficient (Wildman–Crippen LogP) is 3.26. The van der Waals surface area contributed by atoms with E-state index in [0.29, 0.717) is 11.0 Å². The summed E-state index contributed by atoms with van der Waals surface area (Å²) in [4.78, 5) is 10.4. The molecule has 0 atom stereocenters. The van der Waals surface area contributed by atoms with Crippen molar-refractivity contribution in [2.45, 2.75) is 25.8 Å². The van der Waals surface area contributed by atoms with Gasteiger partial charge in [0.15, 0.2) is 0 Å². The number of nitro groups is 1. The van der Waals surface area contributed by atoms with Crippen molar-refractivity contribution in [1.29, 1.82) is 0 Å². The Balaban J connectivity index is 2.33. The Bertz CT molecular complexity index is 413.